The number of ether oxygens (including phenoxy) is 1. The number of hydrogen-bond donors (Lipinski definition) is 0. The van der Waals surface area contributed by atoms with Gasteiger partial charge in [-0.3, -0.25) is 14.4 Å². The quantitative estimate of drug-likeness (QED) is 0.629. The van der Waals surface area contributed by atoms with Crippen LogP contribution in [0.15, 0.2) is 24.0 Å². The fourth-order valence-electron chi connectivity index (χ4n) is 1.77. The summed E-state index contributed by atoms with van der Waals surface area (Å²) in [6.45, 7) is 1.41. The van der Waals surface area contributed by atoms with Crippen LogP contribution < -0.4 is 0 Å². The largest absolute Gasteiger partial charge is 0.490 e. The Morgan fingerprint density at radius 3 is 2.80 bits per heavy atom. The lowest BCUT2D eigenvalue weighted by atomic mass is 9.81. The number of carbonyl (C=O) groups excluding carboxylic acids is 3. The van der Waals surface area contributed by atoms with Crippen LogP contribution >= 0.6 is 0 Å². The minimum absolute atomic E-state index is 0.125. The van der Waals surface area contributed by atoms with Gasteiger partial charge in [0.15, 0.2) is 23.5 Å². The molecule has 0 amide bonds. The summed E-state index contributed by atoms with van der Waals surface area (Å²) in [5, 5.41) is 0. The van der Waals surface area contributed by atoms with Gasteiger partial charge in [-0.1, -0.05) is 0 Å². The molecule has 0 bridgehead atoms. The molecule has 0 radical (unpaired) electrons. The Morgan fingerprint density at radius 1 is 1.40 bits per heavy atom. The molecule has 2 aliphatic rings. The number of carbonyl (C=O) groups is 3. The van der Waals surface area contributed by atoms with E-state index < -0.39 is 12.0 Å². The smallest absolute Gasteiger partial charge is 0.185 e. The van der Waals surface area contributed by atoms with E-state index in [1.165, 1.54) is 25.3 Å². The van der Waals surface area contributed by atoms with Crippen molar-refractivity contribution in [3.63, 3.8) is 0 Å². The molecule has 4 nitrogen and oxygen atoms in total. The summed E-state index contributed by atoms with van der Waals surface area (Å²) in [6, 6.07) is 0. The molecule has 2 atom stereocenters. The first kappa shape index (κ1) is 9.83. The lowest BCUT2D eigenvalue weighted by Crippen LogP contribution is -2.35. The topological polar surface area (TPSA) is 60.4 Å². The molecule has 0 spiro atoms. The molecule has 0 fully saturated rings. The Morgan fingerprint density at radius 2 is 2.13 bits per heavy atom. The van der Waals surface area contributed by atoms with Crippen LogP contribution in [0.25, 0.3) is 0 Å². The van der Waals surface area contributed by atoms with E-state index >= 15 is 0 Å². The van der Waals surface area contributed by atoms with Gasteiger partial charge in [-0.15, -0.1) is 0 Å². The molecule has 0 aromatic carbocycles. The number of Topliss-reactive ketones (excluding diaryl/α,β-unsaturated/α-hetero) is 1. The third-order valence-corrected chi connectivity index (χ3v) is 2.66. The molecule has 1 heterocycles. The number of rotatable bonds is 1. The van der Waals surface area contributed by atoms with Crippen molar-refractivity contribution in [2.45, 2.75) is 19.4 Å². The molecule has 2 unspecified atom stereocenters. The molecular formula is C11H10O4. The van der Waals surface area contributed by atoms with Crippen molar-refractivity contribution in [3.8, 4) is 0 Å². The van der Waals surface area contributed by atoms with Gasteiger partial charge >= 0.3 is 0 Å². The van der Waals surface area contributed by atoms with Gasteiger partial charge in [0.25, 0.3) is 0 Å². The second kappa shape index (κ2) is 3.46. The first-order chi connectivity index (χ1) is 7.09. The first-order valence-corrected chi connectivity index (χ1v) is 4.72. The van der Waals surface area contributed by atoms with Crippen molar-refractivity contribution in [2.75, 3.05) is 0 Å². The highest BCUT2D eigenvalue weighted by atomic mass is 16.5. The highest BCUT2D eigenvalue weighted by molar-refractivity contribution is 6.16. The van der Waals surface area contributed by atoms with Crippen LogP contribution in [0.5, 0.6) is 0 Å². The molecule has 15 heavy (non-hydrogen) atoms. The van der Waals surface area contributed by atoms with Crippen LogP contribution in [0.1, 0.15) is 13.3 Å². The van der Waals surface area contributed by atoms with Gasteiger partial charge in [0.1, 0.15) is 0 Å². The van der Waals surface area contributed by atoms with E-state index in [0.717, 1.165) is 0 Å². The van der Waals surface area contributed by atoms with Crippen LogP contribution in [0.2, 0.25) is 0 Å². The van der Waals surface area contributed by atoms with E-state index in [2.05, 4.69) is 0 Å². The monoisotopic (exact) mass is 206 g/mol. The lowest BCUT2D eigenvalue weighted by molar-refractivity contribution is -0.130. The maximum Gasteiger partial charge on any atom is 0.185 e. The molecule has 1 aliphatic carbocycles. The molecule has 4 heteroatoms. The minimum atomic E-state index is -0.595. The molecule has 0 N–H and O–H groups in total. The van der Waals surface area contributed by atoms with Crippen molar-refractivity contribution >= 4 is 17.3 Å². The molecule has 2 rings (SSSR count). The summed E-state index contributed by atoms with van der Waals surface area (Å²) in [5.41, 5.74) is 0.361. The van der Waals surface area contributed by atoms with Gasteiger partial charge in [-0.05, 0) is 19.1 Å². The van der Waals surface area contributed by atoms with Crippen molar-refractivity contribution < 1.29 is 19.1 Å². The average Bonchev–Trinajstić information content (AvgIpc) is 2.23. The lowest BCUT2D eigenvalue weighted by Gasteiger charge is -2.27. The van der Waals surface area contributed by atoms with E-state index in [1.807, 2.05) is 0 Å². The number of ketones is 3. The zero-order valence-corrected chi connectivity index (χ0v) is 8.23. The van der Waals surface area contributed by atoms with Crippen LogP contribution in [-0.4, -0.2) is 23.5 Å². The second-order valence-electron chi connectivity index (χ2n) is 3.70. The average molecular weight is 206 g/mol. The van der Waals surface area contributed by atoms with Gasteiger partial charge in [0.2, 0.25) is 0 Å². The van der Waals surface area contributed by atoms with Gasteiger partial charge in [0, 0.05) is 12.0 Å². The van der Waals surface area contributed by atoms with E-state index in [1.54, 1.807) is 0 Å². The maximum absolute atomic E-state index is 11.5. The fourth-order valence-corrected chi connectivity index (χ4v) is 1.77. The normalized spacial score (nSPS) is 29.3. The Bertz CT molecular complexity index is 403. The molecule has 0 aromatic rings. The summed E-state index contributed by atoms with van der Waals surface area (Å²) in [4.78, 5) is 34.0. The minimum Gasteiger partial charge on any atom is -0.490 e. The number of fused-ring (bicyclic) bond motifs is 1. The van der Waals surface area contributed by atoms with Crippen molar-refractivity contribution in [1.29, 1.82) is 0 Å². The summed E-state index contributed by atoms with van der Waals surface area (Å²) in [7, 11) is 0. The number of allylic oxidation sites excluding steroid dienone is 3. The summed E-state index contributed by atoms with van der Waals surface area (Å²) in [6.07, 6.45) is 3.44. The van der Waals surface area contributed by atoms with Crippen LogP contribution in [-0.2, 0) is 19.1 Å². The van der Waals surface area contributed by atoms with Gasteiger partial charge in [-0.2, -0.15) is 0 Å². The predicted octanol–water partition coefficient (Wildman–Crippen LogP) is 0.572. The third-order valence-electron chi connectivity index (χ3n) is 2.66. The SMILES string of the molecule is CC(=O)C1CC2C(=O)C=CC(=O)C2=CO1. The van der Waals surface area contributed by atoms with Gasteiger partial charge < -0.3 is 4.74 Å². The predicted molar refractivity (Wildman–Crippen MR) is 50.9 cm³/mol. The van der Waals surface area contributed by atoms with E-state index in [0.29, 0.717) is 5.57 Å². The molecular weight excluding hydrogens is 196 g/mol. The summed E-state index contributed by atoms with van der Waals surface area (Å²) < 4.78 is 5.11. The van der Waals surface area contributed by atoms with Crippen molar-refractivity contribution in [1.82, 2.24) is 0 Å². The highest BCUT2D eigenvalue weighted by Crippen LogP contribution is 2.29. The molecule has 0 aromatic heterocycles. The van der Waals surface area contributed by atoms with Gasteiger partial charge in [0.05, 0.1) is 12.2 Å². The standard InChI is InChI=1S/C11H10O4/c1-6(12)11-4-7-8(5-15-11)10(14)3-2-9(7)13/h2-3,5,7,11H,4H2,1H3. The Kier molecular flexibility index (Phi) is 2.26. The Hall–Kier alpha value is -1.71. The van der Waals surface area contributed by atoms with Gasteiger partial charge in [-0.25, -0.2) is 0 Å². The summed E-state index contributed by atoms with van der Waals surface area (Å²) in [5.74, 6) is -0.956. The number of hydrogen-bond acceptors (Lipinski definition) is 4. The fraction of sp³-hybridized carbons (Fsp3) is 0.364. The van der Waals surface area contributed by atoms with Crippen molar-refractivity contribution in [2.24, 2.45) is 5.92 Å². The van der Waals surface area contributed by atoms with E-state index in [9.17, 15) is 14.4 Å². The molecule has 0 saturated carbocycles. The highest BCUT2D eigenvalue weighted by Gasteiger charge is 2.36. The summed E-state index contributed by atoms with van der Waals surface area (Å²) >= 11 is 0. The third kappa shape index (κ3) is 1.63. The zero-order valence-electron chi connectivity index (χ0n) is 8.23. The van der Waals surface area contributed by atoms with Crippen molar-refractivity contribution in [3.05, 3.63) is 24.0 Å². The first-order valence-electron chi connectivity index (χ1n) is 4.72. The zero-order chi connectivity index (χ0) is 11.0. The van der Waals surface area contributed by atoms with E-state index in [-0.39, 0.29) is 23.8 Å². The van der Waals surface area contributed by atoms with Crippen LogP contribution in [0, 0.1) is 5.92 Å². The second-order valence-corrected chi connectivity index (χ2v) is 3.70. The molecule has 1 aliphatic heterocycles. The van der Waals surface area contributed by atoms with Crippen LogP contribution in [0.3, 0.4) is 0 Å². The van der Waals surface area contributed by atoms with Crippen LogP contribution in [0.4, 0.5) is 0 Å². The Balaban J connectivity index is 2.31. The molecule has 78 valence electrons. The maximum atomic E-state index is 11.5. The Labute approximate surface area is 86.6 Å². The molecule has 0 saturated heterocycles. The van der Waals surface area contributed by atoms with E-state index in [4.69, 9.17) is 4.74 Å².